The molecule has 3 heteroatoms. The number of benzene rings is 1. The Labute approximate surface area is 120 Å². The van der Waals surface area contributed by atoms with Gasteiger partial charge < -0.3 is 4.74 Å². The van der Waals surface area contributed by atoms with Crippen LogP contribution in [-0.4, -0.2) is 23.3 Å². The summed E-state index contributed by atoms with van der Waals surface area (Å²) in [7, 11) is -0.871. The van der Waals surface area contributed by atoms with E-state index < -0.39 is 16.1 Å². The molecule has 0 atom stereocenters. The van der Waals surface area contributed by atoms with Crippen LogP contribution in [0.2, 0.25) is 39.3 Å². The Kier molecular flexibility index (Phi) is 5.02. The molecule has 0 aromatic heterocycles. The zero-order valence-corrected chi connectivity index (χ0v) is 15.3. The first-order valence-corrected chi connectivity index (χ1v) is 13.8. The summed E-state index contributed by atoms with van der Waals surface area (Å²) in [6.07, 6.45) is 2.13. The van der Waals surface area contributed by atoms with Gasteiger partial charge in [0.1, 0.15) is 5.75 Å². The average molecular weight is 291 g/mol. The third-order valence-corrected chi connectivity index (χ3v) is 10.8. The van der Waals surface area contributed by atoms with Crippen molar-refractivity contribution < 1.29 is 4.74 Å². The molecule has 0 aliphatic rings. The van der Waals surface area contributed by atoms with E-state index in [-0.39, 0.29) is 0 Å². The van der Waals surface area contributed by atoms with Crippen LogP contribution in [0.1, 0.15) is 5.56 Å². The van der Waals surface area contributed by atoms with Crippen molar-refractivity contribution in [3.63, 3.8) is 0 Å². The molecule has 1 aromatic carbocycles. The topological polar surface area (TPSA) is 9.23 Å². The van der Waals surface area contributed by atoms with Crippen molar-refractivity contribution in [1.29, 1.82) is 0 Å². The Balaban J connectivity index is 3.17. The van der Waals surface area contributed by atoms with Crippen LogP contribution in [0.3, 0.4) is 0 Å². The zero-order valence-electron chi connectivity index (χ0n) is 13.3. The summed E-state index contributed by atoms with van der Waals surface area (Å²) in [5.74, 6) is 0.900. The highest BCUT2D eigenvalue weighted by molar-refractivity contribution is 7.04. The Morgan fingerprint density at radius 2 is 1.42 bits per heavy atom. The predicted octanol–water partition coefficient (Wildman–Crippen LogP) is 4.99. The molecule has 0 saturated heterocycles. The van der Waals surface area contributed by atoms with Gasteiger partial charge in [-0.15, -0.1) is 5.73 Å². The highest BCUT2D eigenvalue weighted by Gasteiger charge is 2.30. The Morgan fingerprint density at radius 1 is 0.947 bits per heavy atom. The monoisotopic (exact) mass is 290 g/mol. The number of ether oxygens (including phenoxy) is 1. The van der Waals surface area contributed by atoms with Gasteiger partial charge in [-0.2, -0.15) is 0 Å². The van der Waals surface area contributed by atoms with Crippen molar-refractivity contribution in [2.75, 3.05) is 7.11 Å². The summed E-state index contributed by atoms with van der Waals surface area (Å²) >= 11 is 0. The molecule has 0 N–H and O–H groups in total. The lowest BCUT2D eigenvalue weighted by Gasteiger charge is -2.29. The van der Waals surface area contributed by atoms with Gasteiger partial charge in [-0.05, 0) is 23.8 Å². The van der Waals surface area contributed by atoms with Gasteiger partial charge in [0.25, 0.3) is 0 Å². The normalized spacial score (nSPS) is 11.7. The lowest BCUT2D eigenvalue weighted by Crippen LogP contribution is -2.39. The van der Waals surface area contributed by atoms with Crippen LogP contribution in [0.4, 0.5) is 0 Å². The van der Waals surface area contributed by atoms with Crippen LogP contribution in [0, 0.1) is 0 Å². The van der Waals surface area contributed by atoms with Crippen molar-refractivity contribution in [2.45, 2.75) is 39.3 Å². The first-order valence-electron chi connectivity index (χ1n) is 6.76. The van der Waals surface area contributed by atoms with E-state index in [4.69, 9.17) is 4.74 Å². The first kappa shape index (κ1) is 16.0. The summed E-state index contributed by atoms with van der Waals surface area (Å²) in [5, 5.41) is 0. The lowest BCUT2D eigenvalue weighted by atomic mass is 10.2. The van der Waals surface area contributed by atoms with E-state index in [1.807, 2.05) is 12.1 Å². The molecule has 0 radical (unpaired) electrons. The summed E-state index contributed by atoms with van der Waals surface area (Å²) in [6, 6.07) is 8.15. The third kappa shape index (κ3) is 4.86. The van der Waals surface area contributed by atoms with E-state index >= 15 is 0 Å². The van der Waals surface area contributed by atoms with Crippen LogP contribution in [0.25, 0.3) is 6.08 Å². The fourth-order valence-electron chi connectivity index (χ4n) is 2.41. The molecule has 0 spiro atoms. The fraction of sp³-hybridized carbons (Fsp3) is 0.438. The quantitative estimate of drug-likeness (QED) is 0.561. The molecular formula is C16H26OSi2. The second-order valence-corrected chi connectivity index (χ2v) is 17.4. The maximum Gasteiger partial charge on any atom is 0.118 e. The van der Waals surface area contributed by atoms with Crippen LogP contribution in [-0.2, 0) is 0 Å². The summed E-state index contributed by atoms with van der Waals surface area (Å²) in [4.78, 5) is 1.61. The molecule has 0 aliphatic heterocycles. The highest BCUT2D eigenvalue weighted by Crippen LogP contribution is 2.24. The molecule has 1 aromatic rings. The number of hydrogen-bond donors (Lipinski definition) is 0. The van der Waals surface area contributed by atoms with Crippen molar-refractivity contribution >= 4 is 22.2 Å². The molecule has 0 bridgehead atoms. The molecule has 19 heavy (non-hydrogen) atoms. The number of hydrogen-bond acceptors (Lipinski definition) is 1. The fourth-order valence-corrected chi connectivity index (χ4v) is 12.4. The second-order valence-electron chi connectivity index (χ2n) is 6.94. The minimum absolute atomic E-state index is 0.900. The molecule has 0 fully saturated rings. The molecule has 1 rings (SSSR count). The van der Waals surface area contributed by atoms with Crippen molar-refractivity contribution in [3.8, 4) is 5.75 Å². The molecule has 0 unspecified atom stereocenters. The predicted molar refractivity (Wildman–Crippen MR) is 91.2 cm³/mol. The first-order chi connectivity index (χ1) is 8.64. The van der Waals surface area contributed by atoms with Crippen LogP contribution in [0.15, 0.2) is 34.8 Å². The zero-order chi connectivity index (χ0) is 14.7. The Morgan fingerprint density at radius 3 is 1.79 bits per heavy atom. The van der Waals surface area contributed by atoms with Gasteiger partial charge in [0.15, 0.2) is 0 Å². The SMILES string of the molecule is COc1ccc(C=C=C([Si](C)(C)C)[Si](C)(C)C)cc1. The summed E-state index contributed by atoms with van der Waals surface area (Å²) in [5.41, 5.74) is 4.82. The highest BCUT2D eigenvalue weighted by atomic mass is 28.4. The van der Waals surface area contributed by atoms with Crippen LogP contribution in [0.5, 0.6) is 5.75 Å². The van der Waals surface area contributed by atoms with E-state index in [2.05, 4.69) is 63.2 Å². The van der Waals surface area contributed by atoms with Gasteiger partial charge in [-0.3, -0.25) is 0 Å². The largest absolute Gasteiger partial charge is 0.497 e. The Bertz CT molecular complexity index is 465. The maximum atomic E-state index is 5.18. The minimum Gasteiger partial charge on any atom is -0.497 e. The van der Waals surface area contributed by atoms with Crippen molar-refractivity contribution in [1.82, 2.24) is 0 Å². The Hall–Kier alpha value is -1.03. The molecule has 0 aliphatic carbocycles. The van der Waals surface area contributed by atoms with E-state index in [9.17, 15) is 0 Å². The van der Waals surface area contributed by atoms with E-state index in [1.165, 1.54) is 5.56 Å². The molecule has 104 valence electrons. The molecular weight excluding hydrogens is 264 g/mol. The van der Waals surface area contributed by atoms with Gasteiger partial charge in [-0.25, -0.2) is 0 Å². The molecule has 0 heterocycles. The molecule has 1 nitrogen and oxygen atoms in total. The number of methoxy groups -OCH3 is 1. The van der Waals surface area contributed by atoms with Crippen LogP contribution >= 0.6 is 0 Å². The standard InChI is InChI=1S/C16H26OSi2/c1-17-15-11-8-14(9-12-15)10-13-16(18(2,3)4)19(5,6)7/h8-12H,1-7H3. The van der Waals surface area contributed by atoms with E-state index in [1.54, 1.807) is 11.9 Å². The van der Waals surface area contributed by atoms with Crippen molar-refractivity contribution in [3.05, 3.63) is 40.4 Å². The van der Waals surface area contributed by atoms with E-state index in [0.717, 1.165) is 5.75 Å². The van der Waals surface area contributed by atoms with Gasteiger partial charge in [0.05, 0.1) is 23.3 Å². The van der Waals surface area contributed by atoms with Gasteiger partial charge in [0.2, 0.25) is 0 Å². The van der Waals surface area contributed by atoms with Gasteiger partial charge in [0, 0.05) is 0 Å². The average Bonchev–Trinajstić information content (AvgIpc) is 2.26. The second kappa shape index (κ2) is 5.95. The summed E-state index contributed by atoms with van der Waals surface area (Å²) < 4.78 is 5.18. The molecule has 0 amide bonds. The minimum atomic E-state index is -1.28. The maximum absolute atomic E-state index is 5.18. The number of rotatable bonds is 4. The van der Waals surface area contributed by atoms with Crippen LogP contribution < -0.4 is 4.74 Å². The third-order valence-electron chi connectivity index (χ3n) is 3.00. The van der Waals surface area contributed by atoms with E-state index in [0.29, 0.717) is 0 Å². The van der Waals surface area contributed by atoms with Gasteiger partial charge >= 0.3 is 0 Å². The summed E-state index contributed by atoms with van der Waals surface area (Å²) in [6.45, 7) is 14.5. The smallest absolute Gasteiger partial charge is 0.118 e. The lowest BCUT2D eigenvalue weighted by molar-refractivity contribution is 0.415. The molecule has 0 saturated carbocycles. The van der Waals surface area contributed by atoms with Gasteiger partial charge in [-0.1, -0.05) is 56.2 Å². The van der Waals surface area contributed by atoms with Crippen molar-refractivity contribution in [2.24, 2.45) is 0 Å².